The molecule has 0 saturated heterocycles. The first-order valence-corrected chi connectivity index (χ1v) is 8.30. The number of benzene rings is 2. The van der Waals surface area contributed by atoms with Gasteiger partial charge in [-0.2, -0.15) is 0 Å². The molecule has 9 heteroatoms. The number of carbonyl (C=O) groups is 2. The van der Waals surface area contributed by atoms with Crippen LogP contribution in [0.4, 0.5) is 9.18 Å². The van der Waals surface area contributed by atoms with Crippen LogP contribution in [0.5, 0.6) is 23.1 Å². The van der Waals surface area contributed by atoms with Gasteiger partial charge >= 0.3 is 6.16 Å². The molecule has 150 valence electrons. The summed E-state index contributed by atoms with van der Waals surface area (Å²) in [6, 6.07) is 9.51. The molecule has 0 fully saturated rings. The minimum atomic E-state index is -1.56. The van der Waals surface area contributed by atoms with Crippen molar-refractivity contribution < 1.29 is 38.0 Å². The number of hydrogen-bond donors (Lipinski definition) is 1. The van der Waals surface area contributed by atoms with Gasteiger partial charge in [-0.3, -0.25) is 4.79 Å². The Morgan fingerprint density at radius 3 is 2.45 bits per heavy atom. The molecule has 0 saturated carbocycles. The van der Waals surface area contributed by atoms with Crippen LogP contribution >= 0.6 is 0 Å². The number of carbonyl (C=O) groups excluding carboxylic acids is 1. The van der Waals surface area contributed by atoms with E-state index in [4.69, 9.17) is 19.3 Å². The summed E-state index contributed by atoms with van der Waals surface area (Å²) in [7, 11) is 2.93. The Morgan fingerprint density at radius 2 is 1.76 bits per heavy atom. The van der Waals surface area contributed by atoms with E-state index < -0.39 is 18.6 Å². The molecular weight excluding hydrogens is 385 g/mol. The van der Waals surface area contributed by atoms with Gasteiger partial charge in [0.15, 0.2) is 23.9 Å². The third-order valence-electron chi connectivity index (χ3n) is 3.97. The van der Waals surface area contributed by atoms with Crippen LogP contribution in [0.3, 0.4) is 0 Å². The SMILES string of the molecule is COc1ccc(C(=O)COc2cc(OC(=O)O)nc3ccc(F)cc23)cc1OC. The van der Waals surface area contributed by atoms with Crippen LogP contribution in [0.15, 0.2) is 42.5 Å². The number of ketones is 1. The van der Waals surface area contributed by atoms with Gasteiger partial charge in [0, 0.05) is 17.0 Å². The molecule has 0 aliphatic heterocycles. The van der Waals surface area contributed by atoms with E-state index in [1.165, 1.54) is 44.6 Å². The zero-order chi connectivity index (χ0) is 21.0. The number of fused-ring (bicyclic) bond motifs is 1. The molecule has 3 rings (SSSR count). The van der Waals surface area contributed by atoms with Crippen molar-refractivity contribution in [2.24, 2.45) is 0 Å². The van der Waals surface area contributed by atoms with Crippen LogP contribution in [0, 0.1) is 5.82 Å². The highest BCUT2D eigenvalue weighted by atomic mass is 19.1. The molecule has 0 radical (unpaired) electrons. The summed E-state index contributed by atoms with van der Waals surface area (Å²) < 4.78 is 34.0. The van der Waals surface area contributed by atoms with Crippen LogP contribution in [-0.4, -0.2) is 42.9 Å². The molecular formula is C20H16FNO7. The molecule has 0 aliphatic rings. The fraction of sp³-hybridized carbons (Fsp3) is 0.150. The first-order chi connectivity index (χ1) is 13.9. The minimum absolute atomic E-state index is 0.0552. The molecule has 2 aromatic carbocycles. The van der Waals surface area contributed by atoms with Crippen LogP contribution in [0.25, 0.3) is 10.9 Å². The number of Topliss-reactive ketones (excluding diaryl/α,β-unsaturated/α-hetero) is 1. The van der Waals surface area contributed by atoms with E-state index >= 15 is 0 Å². The van der Waals surface area contributed by atoms with Gasteiger partial charge in [-0.05, 0) is 36.4 Å². The van der Waals surface area contributed by atoms with Crippen molar-refractivity contribution in [2.75, 3.05) is 20.8 Å². The Hall–Kier alpha value is -3.88. The number of ether oxygens (including phenoxy) is 4. The maximum absolute atomic E-state index is 13.6. The molecule has 1 N–H and O–H groups in total. The van der Waals surface area contributed by atoms with Gasteiger partial charge in [0.2, 0.25) is 5.88 Å². The lowest BCUT2D eigenvalue weighted by Crippen LogP contribution is -2.12. The number of halogens is 1. The lowest BCUT2D eigenvalue weighted by molar-refractivity contribution is 0.0921. The number of hydrogen-bond acceptors (Lipinski definition) is 7. The molecule has 0 aliphatic carbocycles. The lowest BCUT2D eigenvalue weighted by Gasteiger charge is -2.12. The Kier molecular flexibility index (Phi) is 5.77. The molecule has 0 atom stereocenters. The summed E-state index contributed by atoms with van der Waals surface area (Å²) in [6.45, 7) is -0.391. The van der Waals surface area contributed by atoms with Crippen molar-refractivity contribution in [2.45, 2.75) is 0 Å². The monoisotopic (exact) mass is 401 g/mol. The van der Waals surface area contributed by atoms with Crippen molar-refractivity contribution in [1.29, 1.82) is 0 Å². The predicted molar refractivity (Wildman–Crippen MR) is 99.7 cm³/mol. The summed E-state index contributed by atoms with van der Waals surface area (Å²) in [6.07, 6.45) is -1.56. The van der Waals surface area contributed by atoms with E-state index in [1.807, 2.05) is 0 Å². The van der Waals surface area contributed by atoms with E-state index in [1.54, 1.807) is 12.1 Å². The maximum Gasteiger partial charge on any atom is 0.512 e. The highest BCUT2D eigenvalue weighted by molar-refractivity contribution is 5.98. The van der Waals surface area contributed by atoms with Gasteiger partial charge in [-0.25, -0.2) is 14.2 Å². The van der Waals surface area contributed by atoms with Gasteiger partial charge in [-0.1, -0.05) is 0 Å². The third-order valence-corrected chi connectivity index (χ3v) is 3.97. The van der Waals surface area contributed by atoms with Crippen molar-refractivity contribution in [1.82, 2.24) is 4.98 Å². The topological polar surface area (TPSA) is 104 Å². The number of pyridine rings is 1. The lowest BCUT2D eigenvalue weighted by atomic mass is 10.1. The van der Waals surface area contributed by atoms with Crippen LogP contribution in [0.1, 0.15) is 10.4 Å². The van der Waals surface area contributed by atoms with E-state index in [9.17, 15) is 14.0 Å². The molecule has 8 nitrogen and oxygen atoms in total. The Morgan fingerprint density at radius 1 is 1.00 bits per heavy atom. The molecule has 0 amide bonds. The molecule has 0 bridgehead atoms. The fourth-order valence-electron chi connectivity index (χ4n) is 2.64. The summed E-state index contributed by atoms with van der Waals surface area (Å²) in [5.74, 6) is -0.275. The molecule has 3 aromatic rings. The summed E-state index contributed by atoms with van der Waals surface area (Å²) >= 11 is 0. The molecule has 1 heterocycles. The first-order valence-electron chi connectivity index (χ1n) is 8.30. The van der Waals surface area contributed by atoms with Crippen LogP contribution < -0.4 is 18.9 Å². The quantitative estimate of drug-likeness (QED) is 0.472. The number of methoxy groups -OCH3 is 2. The van der Waals surface area contributed by atoms with Crippen molar-refractivity contribution in [3.05, 3.63) is 53.8 Å². The summed E-state index contributed by atoms with van der Waals surface area (Å²) in [4.78, 5) is 27.3. The van der Waals surface area contributed by atoms with E-state index in [0.717, 1.165) is 0 Å². The average molecular weight is 401 g/mol. The Balaban J connectivity index is 1.88. The molecule has 0 spiro atoms. The highest BCUT2D eigenvalue weighted by Crippen LogP contribution is 2.30. The van der Waals surface area contributed by atoms with Gasteiger partial charge in [0.1, 0.15) is 11.6 Å². The number of rotatable bonds is 7. The van der Waals surface area contributed by atoms with Gasteiger partial charge in [-0.15, -0.1) is 0 Å². The molecule has 0 unspecified atom stereocenters. The number of carboxylic acid groups (broad SMARTS) is 1. The van der Waals surface area contributed by atoms with Gasteiger partial charge in [0.25, 0.3) is 0 Å². The first kappa shape index (κ1) is 19.9. The highest BCUT2D eigenvalue weighted by Gasteiger charge is 2.15. The smallest absolute Gasteiger partial charge is 0.493 e. The fourth-order valence-corrected chi connectivity index (χ4v) is 2.64. The third kappa shape index (κ3) is 4.52. The second kappa shape index (κ2) is 8.42. The molecule has 1 aromatic heterocycles. The van der Waals surface area contributed by atoms with Crippen molar-refractivity contribution in [3.63, 3.8) is 0 Å². The van der Waals surface area contributed by atoms with Crippen molar-refractivity contribution in [3.8, 4) is 23.1 Å². The normalized spacial score (nSPS) is 10.4. The number of aromatic nitrogens is 1. The Bertz CT molecular complexity index is 1080. The summed E-state index contributed by atoms with van der Waals surface area (Å²) in [5, 5.41) is 9.06. The zero-order valence-electron chi connectivity index (χ0n) is 15.5. The summed E-state index contributed by atoms with van der Waals surface area (Å²) in [5.41, 5.74) is 0.563. The average Bonchev–Trinajstić information content (AvgIpc) is 2.71. The van der Waals surface area contributed by atoms with E-state index in [-0.39, 0.29) is 28.3 Å². The standard InChI is InChI=1S/C20H16FNO7/c1-26-16-6-3-11(7-18(16)27-2)15(23)10-28-17-9-19(29-20(24)25)22-14-5-4-12(21)8-13(14)17/h3-9H,10H2,1-2H3,(H,24,25). The predicted octanol–water partition coefficient (Wildman–Crippen LogP) is 3.71. The molecule has 29 heavy (non-hydrogen) atoms. The second-order valence-corrected chi connectivity index (χ2v) is 5.77. The van der Waals surface area contributed by atoms with Gasteiger partial charge in [0.05, 0.1) is 19.7 Å². The van der Waals surface area contributed by atoms with E-state index in [2.05, 4.69) is 9.72 Å². The van der Waals surface area contributed by atoms with E-state index in [0.29, 0.717) is 17.1 Å². The minimum Gasteiger partial charge on any atom is -0.493 e. The zero-order valence-corrected chi connectivity index (χ0v) is 15.5. The van der Waals surface area contributed by atoms with Crippen LogP contribution in [-0.2, 0) is 0 Å². The largest absolute Gasteiger partial charge is 0.512 e. The van der Waals surface area contributed by atoms with Gasteiger partial charge < -0.3 is 24.1 Å². The second-order valence-electron chi connectivity index (χ2n) is 5.77. The number of nitrogens with zero attached hydrogens (tertiary/aromatic N) is 1. The maximum atomic E-state index is 13.6. The Labute approximate surface area is 164 Å². The van der Waals surface area contributed by atoms with Crippen molar-refractivity contribution >= 4 is 22.8 Å². The van der Waals surface area contributed by atoms with Crippen LogP contribution in [0.2, 0.25) is 0 Å².